The molecular weight excluding hydrogens is 375 g/mol. The van der Waals surface area contributed by atoms with Crippen LogP contribution in [0.2, 0.25) is 10.0 Å². The third-order valence-corrected chi connectivity index (χ3v) is 4.13. The van der Waals surface area contributed by atoms with Crippen molar-refractivity contribution in [1.29, 1.82) is 0 Å². The van der Waals surface area contributed by atoms with E-state index in [9.17, 15) is 18.4 Å². The summed E-state index contributed by atoms with van der Waals surface area (Å²) in [6.45, 7) is 0.929. The molecule has 132 valence electrons. The second-order valence-corrected chi connectivity index (χ2v) is 5.92. The molecule has 0 fully saturated rings. The first-order chi connectivity index (χ1) is 11.8. The molecular formula is C17H13Cl2F2NO3. The number of amides is 1. The Morgan fingerprint density at radius 1 is 1.20 bits per heavy atom. The molecule has 1 N–H and O–H groups in total. The number of esters is 1. The van der Waals surface area contributed by atoms with E-state index in [1.54, 1.807) is 0 Å². The Balaban J connectivity index is 1.94. The predicted octanol–water partition coefficient (Wildman–Crippen LogP) is 4.31. The highest BCUT2D eigenvalue weighted by Crippen LogP contribution is 2.26. The van der Waals surface area contributed by atoms with Crippen molar-refractivity contribution in [2.24, 2.45) is 0 Å². The fourth-order valence-electron chi connectivity index (χ4n) is 2.08. The number of carbonyl (C=O) groups excluding carboxylic acids is 2. The molecule has 0 aliphatic rings. The van der Waals surface area contributed by atoms with E-state index in [2.05, 4.69) is 5.32 Å². The van der Waals surface area contributed by atoms with E-state index in [4.69, 9.17) is 27.9 Å². The average Bonchev–Trinajstić information content (AvgIpc) is 2.55. The fraction of sp³-hybridized carbons (Fsp3) is 0.176. The minimum Gasteiger partial charge on any atom is -0.452 e. The molecule has 0 heterocycles. The molecule has 4 nitrogen and oxygen atoms in total. The third kappa shape index (κ3) is 4.90. The molecule has 0 aliphatic carbocycles. The Morgan fingerprint density at radius 3 is 2.60 bits per heavy atom. The summed E-state index contributed by atoms with van der Waals surface area (Å²) in [5, 5.41) is 2.66. The number of hydrogen-bond donors (Lipinski definition) is 1. The van der Waals surface area contributed by atoms with Gasteiger partial charge in [-0.05, 0) is 25.1 Å². The van der Waals surface area contributed by atoms with Gasteiger partial charge in [0.1, 0.15) is 11.6 Å². The van der Waals surface area contributed by atoms with E-state index in [0.29, 0.717) is 0 Å². The summed E-state index contributed by atoms with van der Waals surface area (Å²) in [4.78, 5) is 23.8. The Morgan fingerprint density at radius 2 is 1.92 bits per heavy atom. The van der Waals surface area contributed by atoms with E-state index in [0.717, 1.165) is 12.1 Å². The van der Waals surface area contributed by atoms with Gasteiger partial charge >= 0.3 is 5.97 Å². The molecule has 1 amide bonds. The second kappa shape index (κ2) is 8.27. The van der Waals surface area contributed by atoms with Crippen LogP contribution in [-0.2, 0) is 9.53 Å². The van der Waals surface area contributed by atoms with Gasteiger partial charge in [-0.25, -0.2) is 13.6 Å². The number of rotatable bonds is 5. The van der Waals surface area contributed by atoms with Gasteiger partial charge < -0.3 is 10.1 Å². The summed E-state index contributed by atoms with van der Waals surface area (Å²) in [6, 6.07) is 6.73. The topological polar surface area (TPSA) is 55.4 Å². The van der Waals surface area contributed by atoms with Gasteiger partial charge in [0.25, 0.3) is 5.91 Å². The summed E-state index contributed by atoms with van der Waals surface area (Å²) < 4.78 is 31.4. The summed E-state index contributed by atoms with van der Waals surface area (Å²) in [5.74, 6) is -2.96. The lowest BCUT2D eigenvalue weighted by Crippen LogP contribution is -2.31. The van der Waals surface area contributed by atoms with Crippen molar-refractivity contribution in [1.82, 2.24) is 5.32 Å². The van der Waals surface area contributed by atoms with Crippen LogP contribution in [0.4, 0.5) is 8.78 Å². The number of halogens is 4. The van der Waals surface area contributed by atoms with E-state index >= 15 is 0 Å². The normalized spacial score (nSPS) is 11.7. The molecule has 0 bridgehead atoms. The predicted molar refractivity (Wildman–Crippen MR) is 89.7 cm³/mol. The molecule has 0 aromatic heterocycles. The zero-order valence-electron chi connectivity index (χ0n) is 13.0. The number of benzene rings is 2. The number of nitrogens with one attached hydrogen (secondary N) is 1. The van der Waals surface area contributed by atoms with Crippen LogP contribution in [0.5, 0.6) is 0 Å². The molecule has 8 heteroatoms. The van der Waals surface area contributed by atoms with Gasteiger partial charge in [-0.3, -0.25) is 4.79 Å². The standard InChI is InChI=1S/C17H13Cl2F2NO3/c1-9(11-6-5-10(20)7-14(11)21)22-15(23)8-25-17(24)12-3-2-4-13(18)16(12)19/h2-7,9H,8H2,1H3,(H,22,23)/t9-/m1/s1. The molecule has 1 atom stereocenters. The van der Waals surface area contributed by atoms with E-state index in [1.165, 1.54) is 31.2 Å². The van der Waals surface area contributed by atoms with Crippen molar-refractivity contribution < 1.29 is 23.1 Å². The molecule has 2 rings (SSSR count). The lowest BCUT2D eigenvalue weighted by Gasteiger charge is -2.15. The number of ether oxygens (including phenoxy) is 1. The maximum absolute atomic E-state index is 13.7. The van der Waals surface area contributed by atoms with Crippen LogP contribution >= 0.6 is 23.2 Å². The van der Waals surface area contributed by atoms with Crippen molar-refractivity contribution >= 4 is 35.1 Å². The van der Waals surface area contributed by atoms with Gasteiger partial charge in [-0.1, -0.05) is 35.3 Å². The minimum atomic E-state index is -0.816. The summed E-state index contributed by atoms with van der Waals surface area (Å²) in [5.41, 5.74) is 0.138. The van der Waals surface area contributed by atoms with Gasteiger partial charge in [0.2, 0.25) is 0 Å². The molecule has 0 saturated carbocycles. The van der Waals surface area contributed by atoms with Crippen molar-refractivity contribution in [3.05, 3.63) is 69.2 Å². The Kier molecular flexibility index (Phi) is 6.33. The first kappa shape index (κ1) is 19.1. The molecule has 0 spiro atoms. The molecule has 0 aliphatic heterocycles. The number of carbonyl (C=O) groups is 2. The van der Waals surface area contributed by atoms with E-state index in [-0.39, 0.29) is 21.2 Å². The van der Waals surface area contributed by atoms with Crippen LogP contribution in [0.3, 0.4) is 0 Å². The highest BCUT2D eigenvalue weighted by molar-refractivity contribution is 6.43. The monoisotopic (exact) mass is 387 g/mol. The highest BCUT2D eigenvalue weighted by atomic mass is 35.5. The quantitative estimate of drug-likeness (QED) is 0.777. The highest BCUT2D eigenvalue weighted by Gasteiger charge is 2.18. The molecule has 25 heavy (non-hydrogen) atoms. The van der Waals surface area contributed by atoms with Crippen LogP contribution in [0.15, 0.2) is 36.4 Å². The minimum absolute atomic E-state index is 0.0244. The SMILES string of the molecule is C[C@@H](NC(=O)COC(=O)c1cccc(Cl)c1Cl)c1ccc(F)cc1F. The van der Waals surface area contributed by atoms with Crippen LogP contribution in [0.25, 0.3) is 0 Å². The van der Waals surface area contributed by atoms with Crippen molar-refractivity contribution in [2.75, 3.05) is 6.61 Å². The summed E-state index contributed by atoms with van der Waals surface area (Å²) in [7, 11) is 0. The Hall–Kier alpha value is -2.18. The van der Waals surface area contributed by atoms with Crippen LogP contribution < -0.4 is 5.32 Å². The van der Waals surface area contributed by atoms with Gasteiger partial charge in [0.05, 0.1) is 21.7 Å². The van der Waals surface area contributed by atoms with Gasteiger partial charge in [-0.2, -0.15) is 0 Å². The summed E-state index contributed by atoms with van der Waals surface area (Å²) in [6.07, 6.45) is 0. The fourth-order valence-corrected chi connectivity index (χ4v) is 2.46. The van der Waals surface area contributed by atoms with Crippen molar-refractivity contribution in [2.45, 2.75) is 13.0 Å². The summed E-state index contributed by atoms with van der Waals surface area (Å²) >= 11 is 11.7. The first-order valence-corrected chi connectivity index (χ1v) is 7.90. The van der Waals surface area contributed by atoms with Gasteiger partial charge in [0, 0.05) is 11.6 Å². The van der Waals surface area contributed by atoms with Crippen LogP contribution in [0.1, 0.15) is 28.9 Å². The van der Waals surface area contributed by atoms with Gasteiger partial charge in [-0.15, -0.1) is 0 Å². The maximum Gasteiger partial charge on any atom is 0.340 e. The molecule has 2 aromatic carbocycles. The van der Waals surface area contributed by atoms with Crippen LogP contribution in [0, 0.1) is 11.6 Å². The number of hydrogen-bond acceptors (Lipinski definition) is 3. The lowest BCUT2D eigenvalue weighted by molar-refractivity contribution is -0.124. The second-order valence-electron chi connectivity index (χ2n) is 5.13. The van der Waals surface area contributed by atoms with Crippen LogP contribution in [-0.4, -0.2) is 18.5 Å². The molecule has 0 radical (unpaired) electrons. The van der Waals surface area contributed by atoms with E-state index < -0.39 is 36.2 Å². The molecule has 0 unspecified atom stereocenters. The Bertz CT molecular complexity index is 814. The van der Waals surface area contributed by atoms with Crippen molar-refractivity contribution in [3.8, 4) is 0 Å². The smallest absolute Gasteiger partial charge is 0.340 e. The first-order valence-electron chi connectivity index (χ1n) is 7.15. The van der Waals surface area contributed by atoms with E-state index in [1.807, 2.05) is 0 Å². The van der Waals surface area contributed by atoms with Gasteiger partial charge in [0.15, 0.2) is 6.61 Å². The molecule has 2 aromatic rings. The zero-order valence-corrected chi connectivity index (χ0v) is 14.5. The van der Waals surface area contributed by atoms with Crippen molar-refractivity contribution in [3.63, 3.8) is 0 Å². The Labute approximate surface area is 152 Å². The molecule has 0 saturated heterocycles. The zero-order chi connectivity index (χ0) is 18.6. The average molecular weight is 388 g/mol. The lowest BCUT2D eigenvalue weighted by atomic mass is 10.1. The maximum atomic E-state index is 13.7. The largest absolute Gasteiger partial charge is 0.452 e. The third-order valence-electron chi connectivity index (χ3n) is 3.31.